The van der Waals surface area contributed by atoms with Crippen LogP contribution in [-0.4, -0.2) is 55.4 Å². The third kappa shape index (κ3) is 2.83. The first-order valence-electron chi connectivity index (χ1n) is 9.82. The molecule has 4 rings (SSSR count). The van der Waals surface area contributed by atoms with Gasteiger partial charge in [0.05, 0.1) is 11.3 Å². The van der Waals surface area contributed by atoms with Crippen molar-refractivity contribution < 1.29 is 13.2 Å². The highest BCUT2D eigenvalue weighted by Gasteiger charge is 2.65. The predicted octanol–water partition coefficient (Wildman–Crippen LogP) is 1.80. The summed E-state index contributed by atoms with van der Waals surface area (Å²) in [7, 11) is -3.51. The van der Waals surface area contributed by atoms with Crippen molar-refractivity contribution in [2.45, 2.75) is 33.1 Å². The Balaban J connectivity index is 1.45. The number of pyridine rings is 1. The summed E-state index contributed by atoms with van der Waals surface area (Å²) in [5.41, 5.74) is -0.462. The summed E-state index contributed by atoms with van der Waals surface area (Å²) in [5, 5.41) is 8.88. The lowest BCUT2D eigenvalue weighted by Gasteiger charge is -2.40. The van der Waals surface area contributed by atoms with E-state index in [0.29, 0.717) is 50.5 Å². The molecule has 8 heteroatoms. The number of sulfonamides is 1. The number of fused-ring (bicyclic) bond motifs is 2. The van der Waals surface area contributed by atoms with Gasteiger partial charge in [0, 0.05) is 44.2 Å². The minimum Gasteiger partial charge on any atom is -0.354 e. The van der Waals surface area contributed by atoms with E-state index in [1.165, 1.54) is 10.5 Å². The molecule has 7 nitrogen and oxygen atoms in total. The maximum atomic E-state index is 13.2. The molecule has 3 fully saturated rings. The van der Waals surface area contributed by atoms with Gasteiger partial charge in [0.25, 0.3) is 0 Å². The van der Waals surface area contributed by atoms with Crippen molar-refractivity contribution in [3.05, 3.63) is 23.9 Å². The third-order valence-electron chi connectivity index (χ3n) is 7.40. The van der Waals surface area contributed by atoms with E-state index in [4.69, 9.17) is 5.26 Å². The van der Waals surface area contributed by atoms with Crippen molar-refractivity contribution >= 4 is 21.6 Å². The average molecular weight is 403 g/mol. The monoisotopic (exact) mass is 402 g/mol. The van der Waals surface area contributed by atoms with E-state index in [-0.39, 0.29) is 17.0 Å². The standard InChI is InChI=1S/C20H26N4O3S/c1-19(2)16-5-6-20(19,17(25)11-16)14-28(26,27)24-9-7-23(8-10-24)18-4-3-15(12-21)13-22-18/h3-4,13,16H,5-11,14H2,1-2H3/t16-,20?/m0/s1. The number of carbonyl (C=O) groups excluding carboxylic acids is 1. The van der Waals surface area contributed by atoms with Crippen LogP contribution in [0, 0.1) is 28.1 Å². The Morgan fingerprint density at radius 2 is 1.96 bits per heavy atom. The molecular formula is C20H26N4O3S. The van der Waals surface area contributed by atoms with Gasteiger partial charge < -0.3 is 4.90 Å². The van der Waals surface area contributed by atoms with Gasteiger partial charge in [0.2, 0.25) is 10.0 Å². The van der Waals surface area contributed by atoms with Gasteiger partial charge in [-0.3, -0.25) is 4.79 Å². The molecule has 0 radical (unpaired) electrons. The number of anilines is 1. The molecule has 0 aromatic carbocycles. The van der Waals surface area contributed by atoms with Crippen LogP contribution in [0.1, 0.15) is 38.7 Å². The lowest BCUT2D eigenvalue weighted by Crippen LogP contribution is -2.53. The Labute approximate surface area is 166 Å². The minimum atomic E-state index is -3.51. The topological polar surface area (TPSA) is 94.4 Å². The number of rotatable bonds is 4. The van der Waals surface area contributed by atoms with Crippen LogP contribution in [0.2, 0.25) is 0 Å². The van der Waals surface area contributed by atoms with E-state index in [2.05, 4.69) is 18.8 Å². The van der Waals surface area contributed by atoms with Crippen molar-refractivity contribution in [2.24, 2.45) is 16.7 Å². The molecule has 0 amide bonds. The van der Waals surface area contributed by atoms with Gasteiger partial charge in [-0.25, -0.2) is 13.4 Å². The summed E-state index contributed by atoms with van der Waals surface area (Å²) < 4.78 is 27.9. The molecule has 1 aromatic rings. The molecular weight excluding hydrogens is 376 g/mol. The molecule has 150 valence electrons. The van der Waals surface area contributed by atoms with Gasteiger partial charge >= 0.3 is 0 Å². The largest absolute Gasteiger partial charge is 0.354 e. The van der Waals surface area contributed by atoms with Crippen LogP contribution in [0.5, 0.6) is 0 Å². The highest BCUT2D eigenvalue weighted by atomic mass is 32.2. The molecule has 1 aromatic heterocycles. The second-order valence-corrected chi connectivity index (χ2v) is 10.8. The lowest BCUT2D eigenvalue weighted by molar-refractivity contribution is -0.128. The first-order chi connectivity index (χ1) is 13.2. The van der Waals surface area contributed by atoms with Crippen LogP contribution in [-0.2, 0) is 14.8 Å². The highest BCUT2D eigenvalue weighted by molar-refractivity contribution is 7.89. The Morgan fingerprint density at radius 3 is 2.46 bits per heavy atom. The van der Waals surface area contributed by atoms with Crippen molar-refractivity contribution in [2.75, 3.05) is 36.8 Å². The summed E-state index contributed by atoms with van der Waals surface area (Å²) in [6.07, 6.45) is 3.70. The van der Waals surface area contributed by atoms with Gasteiger partial charge in [0.15, 0.2) is 0 Å². The highest BCUT2D eigenvalue weighted by Crippen LogP contribution is 2.64. The summed E-state index contributed by atoms with van der Waals surface area (Å²) in [6.45, 7) is 6.01. The molecule has 3 aliphatic rings. The van der Waals surface area contributed by atoms with E-state index in [1.54, 1.807) is 12.1 Å². The van der Waals surface area contributed by atoms with Crippen LogP contribution in [0.4, 0.5) is 5.82 Å². The van der Waals surface area contributed by atoms with E-state index < -0.39 is 15.4 Å². The molecule has 1 unspecified atom stereocenters. The van der Waals surface area contributed by atoms with E-state index in [0.717, 1.165) is 12.2 Å². The van der Waals surface area contributed by atoms with E-state index in [1.807, 2.05) is 11.0 Å². The van der Waals surface area contributed by atoms with E-state index in [9.17, 15) is 13.2 Å². The van der Waals surface area contributed by atoms with Crippen molar-refractivity contribution in [3.8, 4) is 6.07 Å². The molecule has 2 saturated carbocycles. The van der Waals surface area contributed by atoms with Gasteiger partial charge in [-0.05, 0) is 36.3 Å². The first kappa shape index (κ1) is 19.3. The van der Waals surface area contributed by atoms with Gasteiger partial charge in [-0.2, -0.15) is 9.57 Å². The Bertz CT molecular complexity index is 927. The lowest BCUT2D eigenvalue weighted by atomic mass is 9.70. The second kappa shape index (κ2) is 6.53. The van der Waals surface area contributed by atoms with Crippen LogP contribution in [0.25, 0.3) is 0 Å². The molecule has 28 heavy (non-hydrogen) atoms. The van der Waals surface area contributed by atoms with Crippen LogP contribution in [0.15, 0.2) is 18.3 Å². The normalized spacial score (nSPS) is 29.8. The molecule has 1 saturated heterocycles. The van der Waals surface area contributed by atoms with Gasteiger partial charge in [0.1, 0.15) is 17.7 Å². The minimum absolute atomic E-state index is 0.0581. The van der Waals surface area contributed by atoms with Crippen LogP contribution >= 0.6 is 0 Å². The Kier molecular flexibility index (Phi) is 4.51. The van der Waals surface area contributed by atoms with Crippen molar-refractivity contribution in [1.82, 2.24) is 9.29 Å². The molecule has 2 heterocycles. The predicted molar refractivity (Wildman–Crippen MR) is 105 cm³/mol. The number of aromatic nitrogens is 1. The SMILES string of the molecule is CC1(C)[C@H]2CCC1(CS(=O)(=O)N1CCN(c3ccc(C#N)cn3)CC1)C(=O)C2. The molecule has 1 aliphatic heterocycles. The fourth-order valence-electron chi connectivity index (χ4n) is 5.35. The number of piperazine rings is 1. The number of nitriles is 1. The number of hydrogen-bond acceptors (Lipinski definition) is 6. The van der Waals surface area contributed by atoms with Crippen LogP contribution in [0.3, 0.4) is 0 Å². The summed E-state index contributed by atoms with van der Waals surface area (Å²) in [4.78, 5) is 19.0. The zero-order valence-electron chi connectivity index (χ0n) is 16.4. The number of nitrogens with zero attached hydrogens (tertiary/aromatic N) is 4. The summed E-state index contributed by atoms with van der Waals surface area (Å²) in [6, 6.07) is 5.55. The average Bonchev–Trinajstić information content (AvgIpc) is 3.02. The zero-order valence-corrected chi connectivity index (χ0v) is 17.2. The molecule has 0 N–H and O–H groups in total. The van der Waals surface area contributed by atoms with E-state index >= 15 is 0 Å². The second-order valence-electron chi connectivity index (χ2n) is 8.83. The first-order valence-corrected chi connectivity index (χ1v) is 11.4. The molecule has 2 bridgehead atoms. The smallest absolute Gasteiger partial charge is 0.215 e. The zero-order chi connectivity index (χ0) is 20.2. The number of hydrogen-bond donors (Lipinski definition) is 0. The maximum absolute atomic E-state index is 13.2. The quantitative estimate of drug-likeness (QED) is 0.762. The third-order valence-corrected chi connectivity index (χ3v) is 9.41. The number of ketones is 1. The Morgan fingerprint density at radius 1 is 1.25 bits per heavy atom. The van der Waals surface area contributed by atoms with Gasteiger partial charge in [-0.15, -0.1) is 0 Å². The van der Waals surface area contributed by atoms with Crippen LogP contribution < -0.4 is 4.90 Å². The summed E-state index contributed by atoms with van der Waals surface area (Å²) >= 11 is 0. The van der Waals surface area contributed by atoms with Crippen molar-refractivity contribution in [3.63, 3.8) is 0 Å². The summed E-state index contributed by atoms with van der Waals surface area (Å²) in [5.74, 6) is 1.14. The number of Topliss-reactive ketones (excluding diaryl/α,β-unsaturated/α-hetero) is 1. The Hall–Kier alpha value is -1.98. The fourth-order valence-corrected chi connectivity index (χ4v) is 7.55. The molecule has 2 aliphatic carbocycles. The molecule has 2 atom stereocenters. The van der Waals surface area contributed by atoms with Gasteiger partial charge in [-0.1, -0.05) is 13.8 Å². The number of carbonyl (C=O) groups is 1. The molecule has 0 spiro atoms. The maximum Gasteiger partial charge on any atom is 0.215 e. The fraction of sp³-hybridized carbons (Fsp3) is 0.650. The van der Waals surface area contributed by atoms with Crippen molar-refractivity contribution in [1.29, 1.82) is 5.26 Å².